The van der Waals surface area contributed by atoms with Crippen LogP contribution in [0.5, 0.6) is 0 Å². The molecule has 0 aliphatic heterocycles. The molecule has 22 heavy (non-hydrogen) atoms. The Kier molecular flexibility index (Phi) is 4.91. The van der Waals surface area contributed by atoms with E-state index in [2.05, 4.69) is 4.74 Å². The molecule has 6 heteroatoms. The number of nitrogens with zero attached hydrogens (tertiary/aromatic N) is 1. The molecular formula is C16H12ClNO4. The number of hydrogen-bond acceptors (Lipinski definition) is 4. The van der Waals surface area contributed by atoms with Crippen LogP contribution >= 0.6 is 11.6 Å². The van der Waals surface area contributed by atoms with Gasteiger partial charge < -0.3 is 4.74 Å². The summed E-state index contributed by atoms with van der Waals surface area (Å²) >= 11 is 6.03. The van der Waals surface area contributed by atoms with E-state index < -0.39 is 10.9 Å². The summed E-state index contributed by atoms with van der Waals surface area (Å²) in [5.41, 5.74) is 0.573. The van der Waals surface area contributed by atoms with Gasteiger partial charge in [0, 0.05) is 11.1 Å². The van der Waals surface area contributed by atoms with Crippen LogP contribution in [0.3, 0.4) is 0 Å². The number of esters is 1. The van der Waals surface area contributed by atoms with E-state index in [4.69, 9.17) is 11.6 Å². The summed E-state index contributed by atoms with van der Waals surface area (Å²) < 4.78 is 4.67. The highest BCUT2D eigenvalue weighted by Crippen LogP contribution is 2.26. The second kappa shape index (κ2) is 6.87. The van der Waals surface area contributed by atoms with E-state index in [0.717, 1.165) is 0 Å². The molecule has 0 atom stereocenters. The highest BCUT2D eigenvalue weighted by atomic mass is 35.5. The molecule has 0 fully saturated rings. The van der Waals surface area contributed by atoms with Gasteiger partial charge in [-0.3, -0.25) is 10.1 Å². The molecule has 0 radical (unpaired) electrons. The minimum Gasteiger partial charge on any atom is -0.465 e. The first kappa shape index (κ1) is 15.7. The number of carbonyl (C=O) groups is 1. The predicted octanol–water partition coefficient (Wildman–Crippen LogP) is 3.90. The number of halogens is 1. The van der Waals surface area contributed by atoms with Gasteiger partial charge in [0.05, 0.1) is 23.2 Å². The van der Waals surface area contributed by atoms with E-state index in [1.54, 1.807) is 36.4 Å². The second-order valence-corrected chi connectivity index (χ2v) is 4.75. The van der Waals surface area contributed by atoms with Gasteiger partial charge in [-0.15, -0.1) is 0 Å². The first-order valence-electron chi connectivity index (χ1n) is 6.33. The number of ether oxygens (including phenoxy) is 1. The zero-order valence-corrected chi connectivity index (χ0v) is 12.4. The third-order valence-corrected chi connectivity index (χ3v) is 3.35. The van der Waals surface area contributed by atoms with Gasteiger partial charge in [-0.05, 0) is 23.8 Å². The number of hydrogen-bond donors (Lipinski definition) is 0. The van der Waals surface area contributed by atoms with Gasteiger partial charge in [0.25, 0.3) is 5.70 Å². The van der Waals surface area contributed by atoms with Crippen molar-refractivity contribution in [2.24, 2.45) is 0 Å². The first-order chi connectivity index (χ1) is 10.5. The van der Waals surface area contributed by atoms with Crippen molar-refractivity contribution < 1.29 is 14.5 Å². The largest absolute Gasteiger partial charge is 0.465 e. The predicted molar refractivity (Wildman–Crippen MR) is 84.1 cm³/mol. The normalized spacial score (nSPS) is 11.1. The smallest absolute Gasteiger partial charge is 0.338 e. The summed E-state index contributed by atoms with van der Waals surface area (Å²) in [5.74, 6) is -0.637. The van der Waals surface area contributed by atoms with Gasteiger partial charge in [-0.2, -0.15) is 0 Å². The van der Waals surface area contributed by atoms with Crippen molar-refractivity contribution in [3.63, 3.8) is 0 Å². The molecule has 2 rings (SSSR count). The van der Waals surface area contributed by atoms with Crippen LogP contribution in [0.15, 0.2) is 48.5 Å². The number of methoxy groups -OCH3 is 1. The Morgan fingerprint density at radius 3 is 2.32 bits per heavy atom. The minimum atomic E-state index is -0.637. The summed E-state index contributed by atoms with van der Waals surface area (Å²) in [7, 11) is 1.22. The van der Waals surface area contributed by atoms with Gasteiger partial charge in [0.15, 0.2) is 0 Å². The Morgan fingerprint density at radius 2 is 1.73 bits per heavy atom. The molecule has 5 nitrogen and oxygen atoms in total. The standard InChI is InChI=1S/C16H12ClNO4/c1-22-16(19)13-8-4-3-7-12(13)15(18(20)21)10-11-6-2-5-9-14(11)17/h2-10H,1H3/b15-10+. The number of rotatable bonds is 4. The molecule has 2 aromatic carbocycles. The van der Waals surface area contributed by atoms with Crippen molar-refractivity contribution in [1.29, 1.82) is 0 Å². The molecule has 112 valence electrons. The molecule has 0 bridgehead atoms. The highest BCUT2D eigenvalue weighted by Gasteiger charge is 2.22. The average molecular weight is 318 g/mol. The van der Waals surface area contributed by atoms with E-state index in [-0.39, 0.29) is 16.8 Å². The monoisotopic (exact) mass is 317 g/mol. The average Bonchev–Trinajstić information content (AvgIpc) is 2.53. The van der Waals surface area contributed by atoms with Gasteiger partial charge >= 0.3 is 5.97 Å². The maximum absolute atomic E-state index is 11.8. The van der Waals surface area contributed by atoms with Gasteiger partial charge in [-0.25, -0.2) is 4.79 Å². The number of benzene rings is 2. The van der Waals surface area contributed by atoms with Crippen LogP contribution in [0.4, 0.5) is 0 Å². The summed E-state index contributed by atoms with van der Waals surface area (Å²) in [6.07, 6.45) is 1.34. The molecule has 0 N–H and O–H groups in total. The zero-order valence-electron chi connectivity index (χ0n) is 11.7. The van der Waals surface area contributed by atoms with Crippen molar-refractivity contribution in [1.82, 2.24) is 0 Å². The Balaban J connectivity index is 2.62. The third kappa shape index (κ3) is 3.32. The number of nitro groups is 1. The van der Waals surface area contributed by atoms with Crippen molar-refractivity contribution in [3.05, 3.63) is 80.4 Å². The fraction of sp³-hybridized carbons (Fsp3) is 0.0625. The summed E-state index contributed by atoms with van der Waals surface area (Å²) in [6.45, 7) is 0. The molecule has 0 amide bonds. The maximum atomic E-state index is 11.8. The summed E-state index contributed by atoms with van der Waals surface area (Å²) in [4.78, 5) is 22.7. The molecule has 0 unspecified atom stereocenters. The molecule has 0 spiro atoms. The summed E-state index contributed by atoms with van der Waals surface area (Å²) in [5, 5.41) is 11.8. The first-order valence-corrected chi connectivity index (χ1v) is 6.70. The maximum Gasteiger partial charge on any atom is 0.338 e. The zero-order chi connectivity index (χ0) is 16.1. The quantitative estimate of drug-likeness (QED) is 0.371. The molecule has 0 saturated heterocycles. The van der Waals surface area contributed by atoms with Crippen LogP contribution < -0.4 is 0 Å². The van der Waals surface area contributed by atoms with Crippen LogP contribution in [-0.2, 0) is 4.74 Å². The lowest BCUT2D eigenvalue weighted by atomic mass is 10.0. The molecular weight excluding hydrogens is 306 g/mol. The Labute approximate surface area is 131 Å². The van der Waals surface area contributed by atoms with Crippen molar-refractivity contribution in [2.75, 3.05) is 7.11 Å². The SMILES string of the molecule is COC(=O)c1ccccc1/C(=C\c1ccccc1Cl)[N+](=O)[O-]. The van der Waals surface area contributed by atoms with Crippen molar-refractivity contribution in [2.45, 2.75) is 0 Å². The Morgan fingerprint density at radius 1 is 1.14 bits per heavy atom. The van der Waals surface area contributed by atoms with Crippen LogP contribution in [-0.4, -0.2) is 18.0 Å². The summed E-state index contributed by atoms with van der Waals surface area (Å²) in [6, 6.07) is 13.0. The highest BCUT2D eigenvalue weighted by molar-refractivity contribution is 6.32. The van der Waals surface area contributed by atoms with Crippen molar-refractivity contribution >= 4 is 29.3 Å². The van der Waals surface area contributed by atoms with Crippen LogP contribution in [0.25, 0.3) is 11.8 Å². The van der Waals surface area contributed by atoms with Gasteiger partial charge in [-0.1, -0.05) is 41.9 Å². The third-order valence-electron chi connectivity index (χ3n) is 3.00. The second-order valence-electron chi connectivity index (χ2n) is 4.35. The van der Waals surface area contributed by atoms with E-state index in [1.165, 1.54) is 25.3 Å². The van der Waals surface area contributed by atoms with E-state index in [0.29, 0.717) is 10.6 Å². The van der Waals surface area contributed by atoms with Crippen LogP contribution in [0.2, 0.25) is 5.02 Å². The Hall–Kier alpha value is -2.66. The molecule has 0 heterocycles. The van der Waals surface area contributed by atoms with E-state index >= 15 is 0 Å². The van der Waals surface area contributed by atoms with Crippen LogP contribution in [0, 0.1) is 10.1 Å². The molecule has 0 aliphatic rings. The van der Waals surface area contributed by atoms with Crippen LogP contribution in [0.1, 0.15) is 21.5 Å². The molecule has 2 aromatic rings. The minimum absolute atomic E-state index is 0.125. The lowest BCUT2D eigenvalue weighted by molar-refractivity contribution is -0.374. The molecule has 0 aromatic heterocycles. The number of carbonyl (C=O) groups excluding carboxylic acids is 1. The molecule has 0 aliphatic carbocycles. The molecule has 0 saturated carbocycles. The fourth-order valence-corrected chi connectivity index (χ4v) is 2.15. The van der Waals surface area contributed by atoms with Gasteiger partial charge in [0.2, 0.25) is 0 Å². The fourth-order valence-electron chi connectivity index (χ4n) is 1.96. The lowest BCUT2D eigenvalue weighted by Gasteiger charge is -2.06. The van der Waals surface area contributed by atoms with Gasteiger partial charge in [0.1, 0.15) is 0 Å². The lowest BCUT2D eigenvalue weighted by Crippen LogP contribution is -2.08. The topological polar surface area (TPSA) is 69.4 Å². The van der Waals surface area contributed by atoms with E-state index in [9.17, 15) is 14.9 Å². The van der Waals surface area contributed by atoms with Crippen molar-refractivity contribution in [3.8, 4) is 0 Å². The Bertz CT molecular complexity index is 755. The van der Waals surface area contributed by atoms with E-state index in [1.807, 2.05) is 0 Å².